The Labute approximate surface area is 134 Å². The van der Waals surface area contributed by atoms with Crippen LogP contribution in [0.15, 0.2) is 36.5 Å². The van der Waals surface area contributed by atoms with Gasteiger partial charge in [0.2, 0.25) is 0 Å². The molecule has 0 aliphatic heterocycles. The summed E-state index contributed by atoms with van der Waals surface area (Å²) in [6.45, 7) is 4.84. The number of nitrogens with zero attached hydrogens (tertiary/aromatic N) is 4. The predicted octanol–water partition coefficient (Wildman–Crippen LogP) is 4.13. The lowest BCUT2D eigenvalue weighted by atomic mass is 10.1. The van der Waals surface area contributed by atoms with Crippen LogP contribution >= 0.6 is 11.6 Å². The number of pyridine rings is 1. The van der Waals surface area contributed by atoms with Crippen molar-refractivity contribution in [1.82, 2.24) is 14.5 Å². The normalized spacial score (nSPS) is 11.0. The summed E-state index contributed by atoms with van der Waals surface area (Å²) >= 11 is 6.01. The van der Waals surface area contributed by atoms with E-state index in [0.717, 1.165) is 22.6 Å². The Morgan fingerprint density at radius 1 is 1.32 bits per heavy atom. The van der Waals surface area contributed by atoms with Crippen LogP contribution in [0.2, 0.25) is 5.02 Å². The highest BCUT2D eigenvalue weighted by molar-refractivity contribution is 6.31. The Morgan fingerprint density at radius 3 is 2.86 bits per heavy atom. The van der Waals surface area contributed by atoms with Gasteiger partial charge in [0.05, 0.1) is 23.2 Å². The third-order valence-corrected chi connectivity index (χ3v) is 3.70. The largest absolute Gasteiger partial charge is 0.308 e. The summed E-state index contributed by atoms with van der Waals surface area (Å²) in [5.41, 5.74) is 3.32. The van der Waals surface area contributed by atoms with Crippen LogP contribution < -0.4 is 0 Å². The molecule has 0 bridgehead atoms. The first kappa shape index (κ1) is 14.6. The van der Waals surface area contributed by atoms with Gasteiger partial charge in [-0.05, 0) is 23.8 Å². The van der Waals surface area contributed by atoms with Crippen molar-refractivity contribution in [3.8, 4) is 6.07 Å². The van der Waals surface area contributed by atoms with Crippen LogP contribution in [-0.4, -0.2) is 14.5 Å². The molecule has 0 aliphatic rings. The van der Waals surface area contributed by atoms with Crippen LogP contribution in [0, 0.1) is 11.3 Å². The van der Waals surface area contributed by atoms with Gasteiger partial charge in [-0.3, -0.25) is 0 Å². The van der Waals surface area contributed by atoms with Crippen LogP contribution in [0.3, 0.4) is 0 Å². The van der Waals surface area contributed by atoms with E-state index in [0.29, 0.717) is 17.1 Å². The number of imidazole rings is 1. The summed E-state index contributed by atoms with van der Waals surface area (Å²) in [6, 6.07) is 11.6. The van der Waals surface area contributed by atoms with E-state index in [2.05, 4.69) is 34.5 Å². The maximum Gasteiger partial charge on any atom is 0.160 e. The van der Waals surface area contributed by atoms with E-state index in [1.165, 1.54) is 0 Å². The summed E-state index contributed by atoms with van der Waals surface area (Å²) in [7, 11) is 0. The molecule has 0 spiro atoms. The van der Waals surface area contributed by atoms with Crippen molar-refractivity contribution in [2.75, 3.05) is 0 Å². The lowest BCUT2D eigenvalue weighted by Gasteiger charge is -2.11. The summed E-state index contributed by atoms with van der Waals surface area (Å²) in [6.07, 6.45) is 1.64. The van der Waals surface area contributed by atoms with Crippen molar-refractivity contribution in [2.45, 2.75) is 26.3 Å². The number of halogens is 1. The maximum absolute atomic E-state index is 9.04. The summed E-state index contributed by atoms with van der Waals surface area (Å²) in [5, 5.41) is 9.62. The van der Waals surface area contributed by atoms with Crippen molar-refractivity contribution in [3.05, 3.63) is 58.5 Å². The fourth-order valence-corrected chi connectivity index (χ4v) is 2.67. The number of aromatic nitrogens is 3. The quantitative estimate of drug-likeness (QED) is 0.731. The third-order valence-electron chi connectivity index (χ3n) is 3.49. The minimum atomic E-state index is 0.270. The molecule has 0 unspecified atom stereocenters. The highest BCUT2D eigenvalue weighted by atomic mass is 35.5. The molecule has 0 aliphatic carbocycles. The molecule has 5 heteroatoms. The van der Waals surface area contributed by atoms with Crippen LogP contribution in [0.5, 0.6) is 0 Å². The molecular weight excluding hydrogens is 296 g/mol. The number of fused-ring (bicyclic) bond motifs is 1. The lowest BCUT2D eigenvalue weighted by molar-refractivity contribution is 0.679. The Balaban J connectivity index is 2.12. The minimum Gasteiger partial charge on any atom is -0.308 e. The Bertz CT molecular complexity index is 874. The molecule has 4 nitrogen and oxygen atoms in total. The highest BCUT2D eigenvalue weighted by Crippen LogP contribution is 2.23. The van der Waals surface area contributed by atoms with Crippen molar-refractivity contribution in [2.24, 2.45) is 0 Å². The second-order valence-corrected chi connectivity index (χ2v) is 5.96. The highest BCUT2D eigenvalue weighted by Gasteiger charge is 2.15. The van der Waals surface area contributed by atoms with E-state index < -0.39 is 0 Å². The van der Waals surface area contributed by atoms with Crippen molar-refractivity contribution in [1.29, 1.82) is 5.26 Å². The zero-order valence-corrected chi connectivity index (χ0v) is 13.2. The Kier molecular flexibility index (Phi) is 3.82. The van der Waals surface area contributed by atoms with E-state index in [4.69, 9.17) is 16.9 Å². The number of nitriles is 1. The van der Waals surface area contributed by atoms with Gasteiger partial charge in [-0.15, -0.1) is 0 Å². The lowest BCUT2D eigenvalue weighted by Crippen LogP contribution is -2.07. The first-order valence-electron chi connectivity index (χ1n) is 7.09. The van der Waals surface area contributed by atoms with Gasteiger partial charge in [0, 0.05) is 12.1 Å². The number of hydrogen-bond donors (Lipinski definition) is 0. The van der Waals surface area contributed by atoms with Gasteiger partial charge in [-0.25, -0.2) is 9.97 Å². The molecule has 0 N–H and O–H groups in total. The molecule has 110 valence electrons. The summed E-state index contributed by atoms with van der Waals surface area (Å²) in [5.74, 6) is 1.24. The fraction of sp³-hybridized carbons (Fsp3) is 0.235. The Hall–Kier alpha value is -2.38. The van der Waals surface area contributed by atoms with Crippen LogP contribution in [0.4, 0.5) is 0 Å². The minimum absolute atomic E-state index is 0.270. The predicted molar refractivity (Wildman–Crippen MR) is 86.9 cm³/mol. The molecule has 0 saturated heterocycles. The zero-order valence-electron chi connectivity index (χ0n) is 12.4. The topological polar surface area (TPSA) is 54.5 Å². The zero-order chi connectivity index (χ0) is 15.7. The van der Waals surface area contributed by atoms with Crippen molar-refractivity contribution in [3.63, 3.8) is 0 Å². The van der Waals surface area contributed by atoms with Gasteiger partial charge >= 0.3 is 0 Å². The molecular formula is C17H15ClN4. The second-order valence-electron chi connectivity index (χ2n) is 5.52. The average molecular weight is 311 g/mol. The monoisotopic (exact) mass is 310 g/mol. The molecule has 22 heavy (non-hydrogen) atoms. The number of benzene rings is 1. The SMILES string of the molecule is CC(C)c1nc2cc(Cl)cnc2n1Cc1cccc(C#N)c1. The molecule has 0 radical (unpaired) electrons. The van der Waals surface area contributed by atoms with Crippen LogP contribution in [0.25, 0.3) is 11.2 Å². The first-order valence-corrected chi connectivity index (χ1v) is 7.47. The third kappa shape index (κ3) is 2.68. The van der Waals surface area contributed by atoms with Crippen molar-refractivity contribution < 1.29 is 0 Å². The van der Waals surface area contributed by atoms with Gasteiger partial charge < -0.3 is 4.57 Å². The van der Waals surface area contributed by atoms with E-state index >= 15 is 0 Å². The maximum atomic E-state index is 9.04. The molecule has 3 rings (SSSR count). The number of hydrogen-bond acceptors (Lipinski definition) is 3. The van der Waals surface area contributed by atoms with E-state index in [9.17, 15) is 0 Å². The van der Waals surface area contributed by atoms with E-state index in [-0.39, 0.29) is 5.92 Å². The molecule has 2 aromatic heterocycles. The summed E-state index contributed by atoms with van der Waals surface area (Å²) < 4.78 is 2.09. The summed E-state index contributed by atoms with van der Waals surface area (Å²) in [4.78, 5) is 9.09. The average Bonchev–Trinajstić information content (AvgIpc) is 2.85. The van der Waals surface area contributed by atoms with Gasteiger partial charge in [-0.2, -0.15) is 5.26 Å². The van der Waals surface area contributed by atoms with Crippen LogP contribution in [0.1, 0.15) is 36.7 Å². The van der Waals surface area contributed by atoms with E-state index in [1.807, 2.05) is 24.3 Å². The number of rotatable bonds is 3. The molecule has 1 aromatic carbocycles. The van der Waals surface area contributed by atoms with Gasteiger partial charge in [0.25, 0.3) is 0 Å². The Morgan fingerprint density at radius 2 is 2.14 bits per heavy atom. The molecule has 0 amide bonds. The molecule has 0 atom stereocenters. The fourth-order valence-electron chi connectivity index (χ4n) is 2.52. The second kappa shape index (κ2) is 5.78. The molecule has 2 heterocycles. The molecule has 0 saturated carbocycles. The van der Waals surface area contributed by atoms with Gasteiger partial charge in [0.1, 0.15) is 11.3 Å². The smallest absolute Gasteiger partial charge is 0.160 e. The van der Waals surface area contributed by atoms with Gasteiger partial charge in [0.15, 0.2) is 5.65 Å². The first-order chi connectivity index (χ1) is 10.6. The van der Waals surface area contributed by atoms with Crippen LogP contribution in [-0.2, 0) is 6.54 Å². The van der Waals surface area contributed by atoms with Gasteiger partial charge in [-0.1, -0.05) is 37.6 Å². The molecule has 0 fully saturated rings. The van der Waals surface area contributed by atoms with E-state index in [1.54, 1.807) is 12.3 Å². The van der Waals surface area contributed by atoms with Crippen molar-refractivity contribution >= 4 is 22.8 Å². The standard InChI is InChI=1S/C17H15ClN4/c1-11(2)16-21-15-7-14(18)9-20-17(15)22(16)10-13-5-3-4-12(6-13)8-19/h3-7,9,11H,10H2,1-2H3. The molecule has 3 aromatic rings.